The highest BCUT2D eigenvalue weighted by Gasteiger charge is 2.24. The zero-order valence-corrected chi connectivity index (χ0v) is 10.7. The van der Waals surface area contributed by atoms with Gasteiger partial charge in [-0.3, -0.25) is 4.79 Å². The highest BCUT2D eigenvalue weighted by Crippen LogP contribution is 2.22. The number of benzene rings is 1. The Balaban J connectivity index is 2.89. The molecule has 2 atom stereocenters. The van der Waals surface area contributed by atoms with E-state index in [9.17, 15) is 4.79 Å². The van der Waals surface area contributed by atoms with Crippen molar-refractivity contribution in [3.8, 4) is 6.07 Å². The van der Waals surface area contributed by atoms with Crippen LogP contribution in [-0.2, 0) is 4.79 Å². The fraction of sp³-hybridized carbons (Fsp3) is 0.467. The predicted octanol–water partition coefficient (Wildman–Crippen LogP) is 3.61. The molecule has 1 rings (SSSR count). The van der Waals surface area contributed by atoms with E-state index in [1.165, 1.54) is 0 Å². The summed E-state index contributed by atoms with van der Waals surface area (Å²) in [6.07, 6.45) is 1.82. The maximum Gasteiger partial charge on any atom is 0.157 e. The molecule has 0 aliphatic heterocycles. The second-order valence-electron chi connectivity index (χ2n) is 4.56. The number of ketones is 1. The van der Waals surface area contributed by atoms with Crippen LogP contribution < -0.4 is 0 Å². The quantitative estimate of drug-likeness (QED) is 0.774. The summed E-state index contributed by atoms with van der Waals surface area (Å²) in [6.45, 7) is 5.95. The third-order valence-corrected chi connectivity index (χ3v) is 3.03. The molecule has 2 nitrogen and oxygen atoms in total. The van der Waals surface area contributed by atoms with E-state index < -0.39 is 5.92 Å². The Labute approximate surface area is 103 Å². The molecule has 0 fully saturated rings. The maximum atomic E-state index is 12.1. The molecule has 0 N–H and O–H groups in total. The van der Waals surface area contributed by atoms with Crippen LogP contribution in [0.2, 0.25) is 0 Å². The van der Waals surface area contributed by atoms with Gasteiger partial charge in [0, 0.05) is 5.92 Å². The van der Waals surface area contributed by atoms with Crippen LogP contribution in [0.15, 0.2) is 24.3 Å². The summed E-state index contributed by atoms with van der Waals surface area (Å²) in [7, 11) is 0. The second kappa shape index (κ2) is 6.20. The van der Waals surface area contributed by atoms with Gasteiger partial charge in [-0.05, 0) is 18.9 Å². The van der Waals surface area contributed by atoms with Gasteiger partial charge in [-0.1, -0.05) is 50.1 Å². The second-order valence-corrected chi connectivity index (χ2v) is 4.56. The van der Waals surface area contributed by atoms with E-state index in [2.05, 4.69) is 13.0 Å². The topological polar surface area (TPSA) is 40.9 Å². The van der Waals surface area contributed by atoms with E-state index in [1.807, 2.05) is 38.1 Å². The molecule has 0 bridgehead atoms. The van der Waals surface area contributed by atoms with Crippen molar-refractivity contribution in [2.45, 2.75) is 39.5 Å². The number of Topliss-reactive ketones (excluding diaryl/α,β-unsaturated/α-hetero) is 1. The Morgan fingerprint density at radius 1 is 1.35 bits per heavy atom. The number of hydrogen-bond donors (Lipinski definition) is 0. The summed E-state index contributed by atoms with van der Waals surface area (Å²) in [4.78, 5) is 12.1. The lowest BCUT2D eigenvalue weighted by Crippen LogP contribution is -2.19. The summed E-state index contributed by atoms with van der Waals surface area (Å²) in [5.74, 6) is -0.610. The smallest absolute Gasteiger partial charge is 0.157 e. The molecular formula is C15H19NO. The van der Waals surface area contributed by atoms with Gasteiger partial charge in [-0.15, -0.1) is 0 Å². The van der Waals surface area contributed by atoms with Crippen molar-refractivity contribution < 1.29 is 4.79 Å². The van der Waals surface area contributed by atoms with E-state index >= 15 is 0 Å². The molecule has 0 radical (unpaired) electrons. The van der Waals surface area contributed by atoms with Crippen LogP contribution >= 0.6 is 0 Å². The minimum atomic E-state index is -0.614. The Hall–Kier alpha value is -1.62. The lowest BCUT2D eigenvalue weighted by Gasteiger charge is -2.14. The largest absolute Gasteiger partial charge is 0.298 e. The van der Waals surface area contributed by atoms with E-state index in [0.29, 0.717) is 0 Å². The van der Waals surface area contributed by atoms with Crippen molar-refractivity contribution in [3.05, 3.63) is 35.4 Å². The number of nitrogens with zero attached hydrogens (tertiary/aromatic N) is 1. The van der Waals surface area contributed by atoms with Crippen molar-refractivity contribution in [1.29, 1.82) is 5.26 Å². The van der Waals surface area contributed by atoms with E-state index in [4.69, 9.17) is 5.26 Å². The molecule has 17 heavy (non-hydrogen) atoms. The predicted molar refractivity (Wildman–Crippen MR) is 68.6 cm³/mol. The van der Waals surface area contributed by atoms with Gasteiger partial charge in [-0.25, -0.2) is 0 Å². The van der Waals surface area contributed by atoms with Crippen LogP contribution in [0, 0.1) is 24.2 Å². The van der Waals surface area contributed by atoms with Crippen LogP contribution in [0.4, 0.5) is 0 Å². The lowest BCUT2D eigenvalue weighted by molar-refractivity contribution is -0.122. The number of hydrogen-bond acceptors (Lipinski definition) is 2. The van der Waals surface area contributed by atoms with Crippen molar-refractivity contribution in [3.63, 3.8) is 0 Å². The van der Waals surface area contributed by atoms with Crippen molar-refractivity contribution in [1.82, 2.24) is 0 Å². The highest BCUT2D eigenvalue weighted by molar-refractivity contribution is 5.90. The molecule has 0 aliphatic carbocycles. The minimum Gasteiger partial charge on any atom is -0.298 e. The molecule has 1 aromatic rings. The average Bonchev–Trinajstić information content (AvgIpc) is 2.32. The number of nitriles is 1. The Morgan fingerprint density at radius 3 is 2.41 bits per heavy atom. The van der Waals surface area contributed by atoms with Gasteiger partial charge in [0.2, 0.25) is 0 Å². The molecule has 0 heterocycles. The molecule has 0 saturated heterocycles. The molecule has 2 unspecified atom stereocenters. The van der Waals surface area contributed by atoms with E-state index in [-0.39, 0.29) is 11.7 Å². The van der Waals surface area contributed by atoms with Crippen molar-refractivity contribution >= 4 is 5.78 Å². The monoisotopic (exact) mass is 229 g/mol. The summed E-state index contributed by atoms with van der Waals surface area (Å²) in [6, 6.07) is 9.76. The third-order valence-electron chi connectivity index (χ3n) is 3.03. The van der Waals surface area contributed by atoms with Gasteiger partial charge in [0.25, 0.3) is 0 Å². The van der Waals surface area contributed by atoms with Crippen LogP contribution in [0.5, 0.6) is 0 Å². The number of aryl methyl sites for hydroxylation is 1. The molecule has 0 aliphatic rings. The molecule has 0 saturated carbocycles. The Morgan fingerprint density at radius 2 is 1.94 bits per heavy atom. The zero-order valence-electron chi connectivity index (χ0n) is 10.7. The maximum absolute atomic E-state index is 12.1. The van der Waals surface area contributed by atoms with Crippen LogP contribution in [0.3, 0.4) is 0 Å². The van der Waals surface area contributed by atoms with Crippen LogP contribution in [0.25, 0.3) is 0 Å². The van der Waals surface area contributed by atoms with Gasteiger partial charge in [-0.2, -0.15) is 5.26 Å². The zero-order chi connectivity index (χ0) is 12.8. The first-order chi connectivity index (χ1) is 8.10. The highest BCUT2D eigenvalue weighted by atomic mass is 16.1. The standard InChI is InChI=1S/C15H19NO/c1-4-5-12(3)15(17)14(10-16)13-8-6-11(2)7-9-13/h6-9,12,14H,4-5H2,1-3H3. The van der Waals surface area contributed by atoms with Crippen molar-refractivity contribution in [2.75, 3.05) is 0 Å². The number of carbonyl (C=O) groups is 1. The summed E-state index contributed by atoms with van der Waals surface area (Å²) in [5.41, 5.74) is 1.95. The van der Waals surface area contributed by atoms with Gasteiger partial charge >= 0.3 is 0 Å². The summed E-state index contributed by atoms with van der Waals surface area (Å²) in [5, 5.41) is 9.17. The Kier molecular flexibility index (Phi) is 4.90. The summed E-state index contributed by atoms with van der Waals surface area (Å²) < 4.78 is 0. The van der Waals surface area contributed by atoms with Crippen LogP contribution in [-0.4, -0.2) is 5.78 Å². The van der Waals surface area contributed by atoms with Gasteiger partial charge in [0.15, 0.2) is 5.78 Å². The number of rotatable bonds is 5. The SMILES string of the molecule is CCCC(C)C(=O)C(C#N)c1ccc(C)cc1. The van der Waals surface area contributed by atoms with Crippen molar-refractivity contribution in [2.24, 2.45) is 5.92 Å². The van der Waals surface area contributed by atoms with E-state index in [1.54, 1.807) is 0 Å². The van der Waals surface area contributed by atoms with Crippen LogP contribution in [0.1, 0.15) is 43.7 Å². The fourth-order valence-electron chi connectivity index (χ4n) is 1.92. The first-order valence-electron chi connectivity index (χ1n) is 6.10. The molecule has 1 aromatic carbocycles. The minimum absolute atomic E-state index is 0.0362. The average molecular weight is 229 g/mol. The first kappa shape index (κ1) is 13.4. The first-order valence-corrected chi connectivity index (χ1v) is 6.10. The molecule has 90 valence electrons. The lowest BCUT2D eigenvalue weighted by atomic mass is 9.87. The van der Waals surface area contributed by atoms with E-state index in [0.717, 1.165) is 24.0 Å². The molecule has 2 heteroatoms. The molecular weight excluding hydrogens is 210 g/mol. The molecule has 0 aromatic heterocycles. The normalized spacial score (nSPS) is 13.8. The fourth-order valence-corrected chi connectivity index (χ4v) is 1.92. The van der Waals surface area contributed by atoms with Gasteiger partial charge < -0.3 is 0 Å². The molecule has 0 amide bonds. The molecule has 0 spiro atoms. The summed E-state index contributed by atoms with van der Waals surface area (Å²) >= 11 is 0. The third kappa shape index (κ3) is 3.42. The van der Waals surface area contributed by atoms with Gasteiger partial charge in [0.1, 0.15) is 5.92 Å². The van der Waals surface area contributed by atoms with Gasteiger partial charge in [0.05, 0.1) is 6.07 Å². The Bertz CT molecular complexity index is 414. The number of carbonyl (C=O) groups excluding carboxylic acids is 1.